The van der Waals surface area contributed by atoms with Crippen LogP contribution >= 0.6 is 15.9 Å². The fraction of sp³-hybridized carbons (Fsp3) is 0.267. The lowest BCUT2D eigenvalue weighted by Gasteiger charge is -2.10. The van der Waals surface area contributed by atoms with Gasteiger partial charge in [-0.2, -0.15) is 0 Å². The molecule has 1 heterocycles. The van der Waals surface area contributed by atoms with Crippen molar-refractivity contribution in [3.63, 3.8) is 0 Å². The zero-order chi connectivity index (χ0) is 15.6. The van der Waals surface area contributed by atoms with Gasteiger partial charge in [0.25, 0.3) is 5.91 Å². The van der Waals surface area contributed by atoms with Crippen LogP contribution in [-0.2, 0) is 0 Å². The number of halogens is 1. The number of carbonyl (C=O) groups is 1. The standard InChI is InChI=1S/C15H16BrN3O2/c1-9-7-11(8-10(2)14(9)16)21-13-6-5-12(17-18-13)15(20)19(3)4/h5-8H,1-4H3. The van der Waals surface area contributed by atoms with Gasteiger partial charge in [0.2, 0.25) is 5.88 Å². The zero-order valence-electron chi connectivity index (χ0n) is 12.3. The number of ether oxygens (including phenoxy) is 1. The normalized spacial score (nSPS) is 10.3. The molecule has 2 rings (SSSR count). The minimum Gasteiger partial charge on any atom is -0.438 e. The van der Waals surface area contributed by atoms with Gasteiger partial charge >= 0.3 is 0 Å². The van der Waals surface area contributed by atoms with Gasteiger partial charge < -0.3 is 9.64 Å². The van der Waals surface area contributed by atoms with E-state index in [-0.39, 0.29) is 11.6 Å². The summed E-state index contributed by atoms with van der Waals surface area (Å²) in [6.07, 6.45) is 0. The Morgan fingerprint density at radius 1 is 1.14 bits per heavy atom. The van der Waals surface area contributed by atoms with E-state index >= 15 is 0 Å². The highest BCUT2D eigenvalue weighted by atomic mass is 79.9. The summed E-state index contributed by atoms with van der Waals surface area (Å²) in [4.78, 5) is 13.2. The SMILES string of the molecule is Cc1cc(Oc2ccc(C(=O)N(C)C)nn2)cc(C)c1Br. The summed E-state index contributed by atoms with van der Waals surface area (Å²) in [7, 11) is 3.34. The van der Waals surface area contributed by atoms with E-state index < -0.39 is 0 Å². The predicted octanol–water partition coefficient (Wildman–Crippen LogP) is 3.35. The van der Waals surface area contributed by atoms with Gasteiger partial charge in [-0.25, -0.2) is 0 Å². The Labute approximate surface area is 132 Å². The van der Waals surface area contributed by atoms with Crippen LogP contribution in [0.1, 0.15) is 21.6 Å². The van der Waals surface area contributed by atoms with Crippen molar-refractivity contribution in [2.24, 2.45) is 0 Å². The van der Waals surface area contributed by atoms with Gasteiger partial charge in [0, 0.05) is 24.6 Å². The van der Waals surface area contributed by atoms with Gasteiger partial charge in [-0.1, -0.05) is 15.9 Å². The van der Waals surface area contributed by atoms with E-state index in [2.05, 4.69) is 26.1 Å². The quantitative estimate of drug-likeness (QED) is 0.852. The van der Waals surface area contributed by atoms with E-state index in [9.17, 15) is 4.79 Å². The molecule has 1 amide bonds. The second-order valence-corrected chi connectivity index (χ2v) is 5.72. The van der Waals surface area contributed by atoms with Crippen molar-refractivity contribution >= 4 is 21.8 Å². The van der Waals surface area contributed by atoms with Gasteiger partial charge in [0.1, 0.15) is 5.75 Å². The van der Waals surface area contributed by atoms with Crippen LogP contribution in [0.4, 0.5) is 0 Å². The van der Waals surface area contributed by atoms with Crippen molar-refractivity contribution in [1.29, 1.82) is 0 Å². The average molecular weight is 350 g/mol. The smallest absolute Gasteiger partial charge is 0.273 e. The molecule has 5 nitrogen and oxygen atoms in total. The number of amides is 1. The number of carbonyl (C=O) groups excluding carboxylic acids is 1. The number of nitrogens with zero attached hydrogens (tertiary/aromatic N) is 3. The van der Waals surface area contributed by atoms with E-state index in [0.717, 1.165) is 15.6 Å². The lowest BCUT2D eigenvalue weighted by Crippen LogP contribution is -2.23. The van der Waals surface area contributed by atoms with Gasteiger partial charge in [-0.3, -0.25) is 4.79 Å². The minimum atomic E-state index is -0.190. The molecule has 0 saturated heterocycles. The van der Waals surface area contributed by atoms with Crippen LogP contribution in [0.15, 0.2) is 28.7 Å². The van der Waals surface area contributed by atoms with Crippen LogP contribution in [0.5, 0.6) is 11.6 Å². The molecule has 0 radical (unpaired) electrons. The third-order valence-electron chi connectivity index (χ3n) is 2.90. The molecule has 0 bridgehead atoms. The van der Waals surface area contributed by atoms with Crippen molar-refractivity contribution in [3.8, 4) is 11.6 Å². The summed E-state index contributed by atoms with van der Waals surface area (Å²) in [5.74, 6) is 0.852. The summed E-state index contributed by atoms with van der Waals surface area (Å²) in [5, 5.41) is 7.81. The van der Waals surface area contributed by atoms with Crippen LogP contribution in [0, 0.1) is 13.8 Å². The van der Waals surface area contributed by atoms with Crippen molar-refractivity contribution in [1.82, 2.24) is 15.1 Å². The first kappa shape index (κ1) is 15.4. The molecule has 0 fully saturated rings. The van der Waals surface area contributed by atoms with E-state index in [4.69, 9.17) is 4.74 Å². The summed E-state index contributed by atoms with van der Waals surface area (Å²) >= 11 is 3.51. The zero-order valence-corrected chi connectivity index (χ0v) is 13.9. The first-order chi connectivity index (χ1) is 9.88. The van der Waals surface area contributed by atoms with E-state index in [1.807, 2.05) is 26.0 Å². The topological polar surface area (TPSA) is 55.3 Å². The Morgan fingerprint density at radius 2 is 1.76 bits per heavy atom. The molecule has 0 aliphatic rings. The number of hydrogen-bond acceptors (Lipinski definition) is 4. The summed E-state index contributed by atoms with van der Waals surface area (Å²) in [5.41, 5.74) is 2.45. The fourth-order valence-electron chi connectivity index (χ4n) is 1.80. The van der Waals surface area contributed by atoms with Crippen molar-refractivity contribution < 1.29 is 9.53 Å². The summed E-state index contributed by atoms with van der Waals surface area (Å²) < 4.78 is 6.73. The third kappa shape index (κ3) is 3.58. The Bertz CT molecular complexity index is 646. The Morgan fingerprint density at radius 3 is 2.24 bits per heavy atom. The maximum atomic E-state index is 11.7. The first-order valence-corrected chi connectivity index (χ1v) is 7.17. The van der Waals surface area contributed by atoms with Crippen LogP contribution in [0.25, 0.3) is 0 Å². The second-order valence-electron chi connectivity index (χ2n) is 4.93. The molecule has 21 heavy (non-hydrogen) atoms. The lowest BCUT2D eigenvalue weighted by atomic mass is 10.1. The molecule has 0 unspecified atom stereocenters. The maximum Gasteiger partial charge on any atom is 0.273 e. The van der Waals surface area contributed by atoms with Crippen molar-refractivity contribution in [3.05, 3.63) is 45.6 Å². The number of hydrogen-bond donors (Lipinski definition) is 0. The number of rotatable bonds is 3. The van der Waals surface area contributed by atoms with Gasteiger partial charge in [0.15, 0.2) is 5.69 Å². The number of aromatic nitrogens is 2. The first-order valence-electron chi connectivity index (χ1n) is 6.38. The Balaban J connectivity index is 2.19. The molecule has 1 aromatic heterocycles. The minimum absolute atomic E-state index is 0.190. The molecule has 0 spiro atoms. The van der Waals surface area contributed by atoms with Crippen LogP contribution in [0.2, 0.25) is 0 Å². The molecule has 110 valence electrons. The summed E-state index contributed by atoms with van der Waals surface area (Å²) in [6.45, 7) is 3.99. The molecular formula is C15H16BrN3O2. The summed E-state index contributed by atoms with van der Waals surface area (Å²) in [6, 6.07) is 7.06. The van der Waals surface area contributed by atoms with E-state index in [0.29, 0.717) is 11.6 Å². The van der Waals surface area contributed by atoms with Crippen molar-refractivity contribution in [2.75, 3.05) is 14.1 Å². The molecule has 0 N–H and O–H groups in total. The molecular weight excluding hydrogens is 334 g/mol. The number of benzene rings is 1. The van der Waals surface area contributed by atoms with Crippen molar-refractivity contribution in [2.45, 2.75) is 13.8 Å². The molecule has 0 saturated carbocycles. The fourth-order valence-corrected chi connectivity index (χ4v) is 2.03. The van der Waals surface area contributed by atoms with E-state index in [1.54, 1.807) is 26.2 Å². The molecule has 0 aliphatic carbocycles. The molecule has 6 heteroatoms. The van der Waals surface area contributed by atoms with Gasteiger partial charge in [-0.15, -0.1) is 10.2 Å². The highest BCUT2D eigenvalue weighted by Crippen LogP contribution is 2.28. The van der Waals surface area contributed by atoms with Crippen LogP contribution in [0.3, 0.4) is 0 Å². The van der Waals surface area contributed by atoms with Crippen LogP contribution in [-0.4, -0.2) is 35.1 Å². The highest BCUT2D eigenvalue weighted by molar-refractivity contribution is 9.10. The van der Waals surface area contributed by atoms with Crippen LogP contribution < -0.4 is 4.74 Å². The largest absolute Gasteiger partial charge is 0.438 e. The Hall–Kier alpha value is -1.95. The third-order valence-corrected chi connectivity index (χ3v) is 4.15. The second kappa shape index (κ2) is 6.22. The van der Waals surface area contributed by atoms with Gasteiger partial charge in [-0.05, 0) is 43.2 Å². The monoisotopic (exact) mass is 349 g/mol. The lowest BCUT2D eigenvalue weighted by molar-refractivity contribution is 0.0820. The average Bonchev–Trinajstić information content (AvgIpc) is 2.44. The highest BCUT2D eigenvalue weighted by Gasteiger charge is 2.11. The predicted molar refractivity (Wildman–Crippen MR) is 83.7 cm³/mol. The molecule has 0 atom stereocenters. The molecule has 2 aromatic rings. The van der Waals surface area contributed by atoms with E-state index in [1.165, 1.54) is 4.90 Å². The maximum absolute atomic E-state index is 11.7. The molecule has 0 aliphatic heterocycles. The number of aryl methyl sites for hydroxylation is 2. The Kier molecular flexibility index (Phi) is 4.57. The van der Waals surface area contributed by atoms with Gasteiger partial charge in [0.05, 0.1) is 0 Å². The molecule has 1 aromatic carbocycles.